The van der Waals surface area contributed by atoms with Crippen molar-refractivity contribution in [2.75, 3.05) is 13.2 Å². The highest BCUT2D eigenvalue weighted by Crippen LogP contribution is 2.33. The summed E-state index contributed by atoms with van der Waals surface area (Å²) in [5.41, 5.74) is 2.93. The van der Waals surface area contributed by atoms with Crippen molar-refractivity contribution in [2.24, 2.45) is 0 Å². The third-order valence-electron chi connectivity index (χ3n) is 4.71. The summed E-state index contributed by atoms with van der Waals surface area (Å²) >= 11 is 0. The molecular formula is C22H24N4O4. The van der Waals surface area contributed by atoms with Gasteiger partial charge in [0.1, 0.15) is 0 Å². The van der Waals surface area contributed by atoms with E-state index in [2.05, 4.69) is 15.1 Å². The largest absolute Gasteiger partial charge is 0.490 e. The molecule has 4 rings (SSSR count). The molecule has 2 aromatic carbocycles. The smallest absolute Gasteiger partial charge is 0.326 e. The van der Waals surface area contributed by atoms with Crippen LogP contribution in [-0.2, 0) is 0 Å². The first-order chi connectivity index (χ1) is 14.5. The number of H-pyrrole nitrogens is 1. The summed E-state index contributed by atoms with van der Waals surface area (Å²) in [6, 6.07) is 11.2. The van der Waals surface area contributed by atoms with Crippen LogP contribution in [0.25, 0.3) is 33.9 Å². The van der Waals surface area contributed by atoms with Crippen molar-refractivity contribution >= 4 is 11.0 Å². The van der Waals surface area contributed by atoms with Crippen molar-refractivity contribution in [3.05, 3.63) is 46.9 Å². The van der Waals surface area contributed by atoms with Crippen LogP contribution in [0, 0.1) is 0 Å². The Hall–Kier alpha value is -3.55. The molecule has 2 aromatic heterocycles. The topological polar surface area (TPSA) is 95.2 Å². The summed E-state index contributed by atoms with van der Waals surface area (Å²) in [5.74, 6) is 2.12. The van der Waals surface area contributed by atoms with Crippen LogP contribution in [0.4, 0.5) is 0 Å². The lowest BCUT2D eigenvalue weighted by molar-refractivity contribution is 0.288. The van der Waals surface area contributed by atoms with Crippen LogP contribution in [0.15, 0.2) is 45.7 Å². The molecule has 0 aliphatic rings. The average Bonchev–Trinajstić information content (AvgIpc) is 3.33. The second-order valence-electron chi connectivity index (χ2n) is 7.08. The van der Waals surface area contributed by atoms with Crippen molar-refractivity contribution in [2.45, 2.75) is 33.7 Å². The van der Waals surface area contributed by atoms with E-state index in [1.165, 1.54) is 0 Å². The number of aromatic amines is 1. The molecule has 8 nitrogen and oxygen atoms in total. The fraction of sp³-hybridized carbons (Fsp3) is 0.318. The lowest BCUT2D eigenvalue weighted by Gasteiger charge is -2.11. The molecular weight excluding hydrogens is 384 g/mol. The van der Waals surface area contributed by atoms with Crippen molar-refractivity contribution in [3.8, 4) is 34.3 Å². The second-order valence-corrected chi connectivity index (χ2v) is 7.08. The zero-order valence-electron chi connectivity index (χ0n) is 17.4. The van der Waals surface area contributed by atoms with Gasteiger partial charge in [-0.15, -0.1) is 0 Å². The SMILES string of the molecule is CCOc1ccc(-c2nc(-c3ccc4c(c3)[nH]c(=O)n4C(C)C)no2)cc1OCC. The molecule has 4 aromatic rings. The van der Waals surface area contributed by atoms with E-state index in [1.54, 1.807) is 4.57 Å². The van der Waals surface area contributed by atoms with Gasteiger partial charge in [0.25, 0.3) is 5.89 Å². The Morgan fingerprint density at radius 3 is 2.50 bits per heavy atom. The molecule has 2 heterocycles. The van der Waals surface area contributed by atoms with E-state index in [0.29, 0.717) is 36.4 Å². The predicted molar refractivity (Wildman–Crippen MR) is 114 cm³/mol. The molecule has 0 aliphatic carbocycles. The molecule has 0 radical (unpaired) electrons. The third-order valence-corrected chi connectivity index (χ3v) is 4.71. The quantitative estimate of drug-likeness (QED) is 0.486. The van der Waals surface area contributed by atoms with E-state index in [9.17, 15) is 4.79 Å². The second kappa shape index (κ2) is 8.06. The number of ether oxygens (including phenoxy) is 2. The highest BCUT2D eigenvalue weighted by atomic mass is 16.5. The first-order valence-electron chi connectivity index (χ1n) is 10.00. The van der Waals surface area contributed by atoms with Crippen LogP contribution < -0.4 is 15.2 Å². The van der Waals surface area contributed by atoms with E-state index >= 15 is 0 Å². The molecule has 1 N–H and O–H groups in total. The molecule has 0 atom stereocenters. The maximum Gasteiger partial charge on any atom is 0.326 e. The van der Waals surface area contributed by atoms with Crippen LogP contribution in [0.3, 0.4) is 0 Å². The summed E-state index contributed by atoms with van der Waals surface area (Å²) in [6.07, 6.45) is 0. The van der Waals surface area contributed by atoms with Gasteiger partial charge in [0.2, 0.25) is 5.82 Å². The molecule has 0 fully saturated rings. The monoisotopic (exact) mass is 408 g/mol. The molecule has 0 spiro atoms. The Morgan fingerprint density at radius 2 is 1.77 bits per heavy atom. The van der Waals surface area contributed by atoms with Gasteiger partial charge in [0.05, 0.1) is 24.2 Å². The number of aromatic nitrogens is 4. The number of hydrogen-bond donors (Lipinski definition) is 1. The molecule has 0 amide bonds. The zero-order chi connectivity index (χ0) is 21.3. The van der Waals surface area contributed by atoms with E-state index in [-0.39, 0.29) is 11.7 Å². The van der Waals surface area contributed by atoms with Crippen molar-refractivity contribution in [1.82, 2.24) is 19.7 Å². The lowest BCUT2D eigenvalue weighted by atomic mass is 10.1. The number of hydrogen-bond acceptors (Lipinski definition) is 6. The van der Waals surface area contributed by atoms with Crippen molar-refractivity contribution < 1.29 is 14.0 Å². The van der Waals surface area contributed by atoms with Crippen LogP contribution >= 0.6 is 0 Å². The first-order valence-corrected chi connectivity index (χ1v) is 10.00. The van der Waals surface area contributed by atoms with Gasteiger partial charge in [-0.05, 0) is 64.1 Å². The summed E-state index contributed by atoms with van der Waals surface area (Å²) in [4.78, 5) is 19.6. The van der Waals surface area contributed by atoms with E-state index < -0.39 is 0 Å². The van der Waals surface area contributed by atoms with E-state index in [0.717, 1.165) is 22.2 Å². The van der Waals surface area contributed by atoms with Gasteiger partial charge in [-0.3, -0.25) is 4.57 Å². The van der Waals surface area contributed by atoms with Crippen LogP contribution in [0.2, 0.25) is 0 Å². The van der Waals surface area contributed by atoms with Gasteiger partial charge in [0, 0.05) is 17.2 Å². The fourth-order valence-electron chi connectivity index (χ4n) is 3.42. The summed E-state index contributed by atoms with van der Waals surface area (Å²) < 4.78 is 18.5. The third kappa shape index (κ3) is 3.56. The molecule has 30 heavy (non-hydrogen) atoms. The van der Waals surface area contributed by atoms with Crippen LogP contribution in [-0.4, -0.2) is 32.9 Å². The Bertz CT molecular complexity index is 1240. The first kappa shape index (κ1) is 19.8. The predicted octanol–water partition coefficient (Wildman–Crippen LogP) is 4.42. The fourth-order valence-corrected chi connectivity index (χ4v) is 3.42. The molecule has 0 saturated heterocycles. The van der Waals surface area contributed by atoms with Crippen LogP contribution in [0.1, 0.15) is 33.7 Å². The highest BCUT2D eigenvalue weighted by molar-refractivity contribution is 5.81. The van der Waals surface area contributed by atoms with Crippen molar-refractivity contribution in [1.29, 1.82) is 0 Å². The van der Waals surface area contributed by atoms with Gasteiger partial charge in [-0.2, -0.15) is 4.98 Å². The summed E-state index contributed by atoms with van der Waals surface area (Å²) in [6.45, 7) is 8.86. The van der Waals surface area contributed by atoms with Crippen molar-refractivity contribution in [3.63, 3.8) is 0 Å². The summed E-state index contributed by atoms with van der Waals surface area (Å²) in [5, 5.41) is 4.11. The minimum atomic E-state index is -0.135. The molecule has 8 heteroatoms. The van der Waals surface area contributed by atoms with Gasteiger partial charge in [-0.1, -0.05) is 5.16 Å². The molecule has 0 bridgehead atoms. The Kier molecular flexibility index (Phi) is 5.31. The van der Waals surface area contributed by atoms with Gasteiger partial charge < -0.3 is 19.0 Å². The molecule has 0 saturated carbocycles. The maximum atomic E-state index is 12.2. The number of fused-ring (bicyclic) bond motifs is 1. The normalized spacial score (nSPS) is 11.4. The minimum Gasteiger partial charge on any atom is -0.490 e. The number of rotatable bonds is 7. The lowest BCUT2D eigenvalue weighted by Crippen LogP contribution is -2.18. The standard InChI is InChI=1S/C22H24N4O4/c1-5-28-18-10-8-15(12-19(18)29-6-2)21-24-20(25-30-21)14-7-9-17-16(11-14)23-22(27)26(17)13(3)4/h7-13H,5-6H2,1-4H3,(H,23,27). The minimum absolute atomic E-state index is 0.0630. The molecule has 0 unspecified atom stereocenters. The molecule has 0 aliphatic heterocycles. The number of imidazole rings is 1. The van der Waals surface area contributed by atoms with E-state index in [4.69, 9.17) is 14.0 Å². The van der Waals surface area contributed by atoms with Gasteiger partial charge in [-0.25, -0.2) is 4.79 Å². The number of nitrogens with one attached hydrogen (secondary N) is 1. The maximum absolute atomic E-state index is 12.2. The Balaban J connectivity index is 1.69. The highest BCUT2D eigenvalue weighted by Gasteiger charge is 2.16. The zero-order valence-corrected chi connectivity index (χ0v) is 17.4. The Morgan fingerprint density at radius 1 is 1.03 bits per heavy atom. The van der Waals surface area contributed by atoms with Crippen LogP contribution in [0.5, 0.6) is 11.5 Å². The van der Waals surface area contributed by atoms with Gasteiger partial charge in [0.15, 0.2) is 11.5 Å². The number of nitrogens with zero attached hydrogens (tertiary/aromatic N) is 3. The van der Waals surface area contributed by atoms with E-state index in [1.807, 2.05) is 64.1 Å². The molecule has 156 valence electrons. The summed E-state index contributed by atoms with van der Waals surface area (Å²) in [7, 11) is 0. The Labute approximate surface area is 173 Å². The average molecular weight is 408 g/mol. The van der Waals surface area contributed by atoms with Gasteiger partial charge >= 0.3 is 5.69 Å². The number of benzene rings is 2.